The molecule has 0 aromatic heterocycles. The second-order valence-electron chi connectivity index (χ2n) is 9.13. The normalized spacial score (nSPS) is 11.1. The summed E-state index contributed by atoms with van der Waals surface area (Å²) in [5, 5.41) is 10.6. The van der Waals surface area contributed by atoms with Crippen LogP contribution in [0.5, 0.6) is 0 Å². The van der Waals surface area contributed by atoms with Gasteiger partial charge in [-0.1, -0.05) is 84.9 Å². The van der Waals surface area contributed by atoms with Gasteiger partial charge in [-0.3, -0.25) is 14.4 Å². The summed E-state index contributed by atoms with van der Waals surface area (Å²) >= 11 is 1.40. The van der Waals surface area contributed by atoms with E-state index in [9.17, 15) is 14.4 Å². The van der Waals surface area contributed by atoms with Gasteiger partial charge in [0.1, 0.15) is 5.70 Å². The van der Waals surface area contributed by atoms with Crippen LogP contribution < -0.4 is 16.0 Å². The Hall–Kier alpha value is -5.14. The van der Waals surface area contributed by atoms with Crippen LogP contribution in [-0.4, -0.2) is 23.5 Å². The molecule has 0 atom stereocenters. The maximum Gasteiger partial charge on any atom is 0.272 e. The minimum atomic E-state index is -0.451. The fourth-order valence-electron chi connectivity index (χ4n) is 4.16. The molecule has 0 aliphatic rings. The SMILES string of the molecule is O=C(CSc1ccc(NC(=O)/C(=C/c2ccccc2)NC(=O)c2ccccc2)cc1)Nc1cccc2ccccc12. The van der Waals surface area contributed by atoms with E-state index >= 15 is 0 Å². The molecule has 0 saturated heterocycles. The molecule has 3 amide bonds. The van der Waals surface area contributed by atoms with Crippen LogP contribution in [0.1, 0.15) is 15.9 Å². The molecule has 7 heteroatoms. The van der Waals surface area contributed by atoms with Crippen LogP contribution in [0.15, 0.2) is 138 Å². The van der Waals surface area contributed by atoms with Gasteiger partial charge in [0.15, 0.2) is 0 Å². The van der Waals surface area contributed by atoms with Gasteiger partial charge in [0, 0.05) is 27.2 Å². The van der Waals surface area contributed by atoms with Crippen molar-refractivity contribution in [3.63, 3.8) is 0 Å². The van der Waals surface area contributed by atoms with Gasteiger partial charge in [-0.25, -0.2) is 0 Å². The molecule has 0 aliphatic heterocycles. The molecular weight excluding hydrogens is 530 g/mol. The van der Waals surface area contributed by atoms with E-state index in [4.69, 9.17) is 0 Å². The average Bonchev–Trinajstić information content (AvgIpc) is 3.01. The Morgan fingerprint density at radius 2 is 1.32 bits per heavy atom. The van der Waals surface area contributed by atoms with Crippen molar-refractivity contribution in [2.75, 3.05) is 16.4 Å². The smallest absolute Gasteiger partial charge is 0.272 e. The van der Waals surface area contributed by atoms with E-state index in [1.165, 1.54) is 11.8 Å². The van der Waals surface area contributed by atoms with Crippen LogP contribution in [0.3, 0.4) is 0 Å². The van der Waals surface area contributed by atoms with Crippen LogP contribution in [0, 0.1) is 0 Å². The highest BCUT2D eigenvalue weighted by Gasteiger charge is 2.15. The van der Waals surface area contributed by atoms with E-state index in [0.717, 1.165) is 26.9 Å². The van der Waals surface area contributed by atoms with Crippen molar-refractivity contribution in [2.45, 2.75) is 4.90 Å². The number of fused-ring (bicyclic) bond motifs is 1. The molecule has 5 rings (SSSR count). The second kappa shape index (κ2) is 13.3. The lowest BCUT2D eigenvalue weighted by molar-refractivity contribution is -0.114. The Bertz CT molecular complexity index is 1700. The van der Waals surface area contributed by atoms with E-state index in [-0.39, 0.29) is 23.3 Å². The molecule has 0 aliphatic carbocycles. The first-order chi connectivity index (χ1) is 20.0. The Balaban J connectivity index is 1.21. The molecular formula is C34H27N3O3S. The molecule has 202 valence electrons. The molecule has 0 unspecified atom stereocenters. The maximum atomic E-state index is 13.2. The summed E-state index contributed by atoms with van der Waals surface area (Å²) < 4.78 is 0. The molecule has 0 radical (unpaired) electrons. The topological polar surface area (TPSA) is 87.3 Å². The highest BCUT2D eigenvalue weighted by molar-refractivity contribution is 8.00. The van der Waals surface area contributed by atoms with E-state index in [1.807, 2.05) is 91.0 Å². The molecule has 0 fully saturated rings. The lowest BCUT2D eigenvalue weighted by Gasteiger charge is -2.12. The van der Waals surface area contributed by atoms with Crippen LogP contribution in [0.2, 0.25) is 0 Å². The van der Waals surface area contributed by atoms with Crippen molar-refractivity contribution < 1.29 is 14.4 Å². The lowest BCUT2D eigenvalue weighted by Crippen LogP contribution is -2.30. The third kappa shape index (κ3) is 7.50. The van der Waals surface area contributed by atoms with Crippen molar-refractivity contribution >= 4 is 57.7 Å². The number of rotatable bonds is 9. The summed E-state index contributed by atoms with van der Waals surface area (Å²) in [5.74, 6) is -0.692. The predicted octanol–water partition coefficient (Wildman–Crippen LogP) is 6.98. The maximum absolute atomic E-state index is 13.2. The summed E-state index contributed by atoms with van der Waals surface area (Å²) in [6, 6.07) is 39.0. The van der Waals surface area contributed by atoms with Crippen LogP contribution in [0.4, 0.5) is 11.4 Å². The number of thioether (sulfide) groups is 1. The van der Waals surface area contributed by atoms with Gasteiger partial charge in [-0.15, -0.1) is 11.8 Å². The summed E-state index contributed by atoms with van der Waals surface area (Å²) in [6.45, 7) is 0. The molecule has 0 spiro atoms. The minimum absolute atomic E-state index is 0.103. The molecule has 6 nitrogen and oxygen atoms in total. The van der Waals surface area contributed by atoms with Crippen LogP contribution in [0.25, 0.3) is 16.8 Å². The van der Waals surface area contributed by atoms with Gasteiger partial charge in [-0.05, 0) is 59.5 Å². The molecule has 0 heterocycles. The summed E-state index contributed by atoms with van der Waals surface area (Å²) in [6.07, 6.45) is 1.63. The molecule has 3 N–H and O–H groups in total. The third-order valence-electron chi connectivity index (χ3n) is 6.19. The molecule has 41 heavy (non-hydrogen) atoms. The van der Waals surface area contributed by atoms with Gasteiger partial charge in [-0.2, -0.15) is 0 Å². The predicted molar refractivity (Wildman–Crippen MR) is 167 cm³/mol. The number of carbonyl (C=O) groups excluding carboxylic acids is 3. The zero-order valence-electron chi connectivity index (χ0n) is 22.0. The first-order valence-corrected chi connectivity index (χ1v) is 14.0. The Morgan fingerprint density at radius 3 is 2.07 bits per heavy atom. The van der Waals surface area contributed by atoms with E-state index in [1.54, 1.807) is 42.5 Å². The number of carbonyl (C=O) groups is 3. The van der Waals surface area contributed by atoms with Crippen molar-refractivity contribution in [2.24, 2.45) is 0 Å². The van der Waals surface area contributed by atoms with Crippen molar-refractivity contribution in [1.82, 2.24) is 5.32 Å². The molecule has 5 aromatic carbocycles. The lowest BCUT2D eigenvalue weighted by atomic mass is 10.1. The zero-order chi connectivity index (χ0) is 28.4. The van der Waals surface area contributed by atoms with Crippen molar-refractivity contribution in [1.29, 1.82) is 0 Å². The summed E-state index contributed by atoms with van der Waals surface area (Å²) in [7, 11) is 0. The molecule has 5 aromatic rings. The van der Waals surface area contributed by atoms with E-state index in [2.05, 4.69) is 16.0 Å². The van der Waals surface area contributed by atoms with Crippen LogP contribution >= 0.6 is 11.8 Å². The highest BCUT2D eigenvalue weighted by atomic mass is 32.2. The van der Waals surface area contributed by atoms with Crippen molar-refractivity contribution in [3.8, 4) is 0 Å². The number of anilines is 2. The average molecular weight is 558 g/mol. The van der Waals surface area contributed by atoms with E-state index < -0.39 is 5.91 Å². The minimum Gasteiger partial charge on any atom is -0.325 e. The first kappa shape index (κ1) is 27.4. The Kier molecular flexibility index (Phi) is 8.88. The Morgan fingerprint density at radius 1 is 0.659 bits per heavy atom. The monoisotopic (exact) mass is 557 g/mol. The van der Waals surface area contributed by atoms with E-state index in [0.29, 0.717) is 11.3 Å². The number of nitrogens with one attached hydrogen (secondary N) is 3. The van der Waals surface area contributed by atoms with Crippen molar-refractivity contribution in [3.05, 3.63) is 144 Å². The Labute approximate surface area is 242 Å². The first-order valence-electron chi connectivity index (χ1n) is 13.0. The molecule has 0 bridgehead atoms. The van der Waals surface area contributed by atoms with Gasteiger partial charge < -0.3 is 16.0 Å². The fraction of sp³-hybridized carbons (Fsp3) is 0.0294. The van der Waals surface area contributed by atoms with Crippen LogP contribution in [-0.2, 0) is 9.59 Å². The number of amides is 3. The summed E-state index contributed by atoms with van der Waals surface area (Å²) in [5.41, 5.74) is 2.69. The fourth-order valence-corrected chi connectivity index (χ4v) is 4.86. The molecule has 0 saturated carbocycles. The van der Waals surface area contributed by atoms with Gasteiger partial charge in [0.25, 0.3) is 11.8 Å². The number of hydrogen-bond donors (Lipinski definition) is 3. The van der Waals surface area contributed by atoms with Gasteiger partial charge in [0.2, 0.25) is 5.91 Å². The second-order valence-corrected chi connectivity index (χ2v) is 10.2. The largest absolute Gasteiger partial charge is 0.325 e. The quantitative estimate of drug-likeness (QED) is 0.135. The van der Waals surface area contributed by atoms with Gasteiger partial charge in [0.05, 0.1) is 5.75 Å². The third-order valence-corrected chi connectivity index (χ3v) is 7.20. The zero-order valence-corrected chi connectivity index (χ0v) is 22.9. The number of benzene rings is 5. The number of hydrogen-bond acceptors (Lipinski definition) is 4. The van der Waals surface area contributed by atoms with Gasteiger partial charge >= 0.3 is 0 Å². The standard InChI is InChI=1S/C34H27N3O3S/c38-32(36-30-17-9-15-25-12-7-8-16-29(25)30)23-41-28-20-18-27(19-21-28)35-34(40)31(22-24-10-3-1-4-11-24)37-33(39)26-13-5-2-6-14-26/h1-22H,23H2,(H,35,40)(H,36,38)(H,37,39)/b31-22-. The summed E-state index contributed by atoms with van der Waals surface area (Å²) in [4.78, 5) is 39.5. The highest BCUT2D eigenvalue weighted by Crippen LogP contribution is 2.25.